The summed E-state index contributed by atoms with van der Waals surface area (Å²) in [6, 6.07) is 11.0. The summed E-state index contributed by atoms with van der Waals surface area (Å²) in [4.78, 5) is 1.52. The maximum Gasteiger partial charge on any atom is 0.190 e. The summed E-state index contributed by atoms with van der Waals surface area (Å²) >= 11 is 3.00. The number of benzene rings is 1. The number of aryl methyl sites for hydroxylation is 1. The minimum Gasteiger partial charge on any atom is -0.223 e. The fraction of sp³-hybridized carbons (Fsp3) is 0.286. The van der Waals surface area contributed by atoms with Gasteiger partial charge in [0.2, 0.25) is 0 Å². The molecule has 2 aromatic rings. The van der Waals surface area contributed by atoms with Crippen LogP contribution in [-0.4, -0.2) is 19.3 Å². The Kier molecular flexibility index (Phi) is 4.71. The zero-order valence-electron chi connectivity index (χ0n) is 10.9. The second-order valence-corrected chi connectivity index (χ2v) is 8.81. The second kappa shape index (κ2) is 6.11. The van der Waals surface area contributed by atoms with Crippen molar-refractivity contribution >= 4 is 32.9 Å². The van der Waals surface area contributed by atoms with E-state index >= 15 is 0 Å². The highest BCUT2D eigenvalue weighted by molar-refractivity contribution is 8.13. The van der Waals surface area contributed by atoms with E-state index in [9.17, 15) is 8.42 Å². The molecule has 0 aliphatic heterocycles. The molecule has 0 N–H and O–H groups in total. The zero-order valence-corrected chi connectivity index (χ0v) is 13.3. The Morgan fingerprint density at radius 1 is 1.21 bits per heavy atom. The first-order chi connectivity index (χ1) is 9.04. The minimum absolute atomic E-state index is 0.411. The lowest BCUT2D eigenvalue weighted by Gasteiger charge is -2.15. The van der Waals surface area contributed by atoms with Crippen molar-refractivity contribution in [3.8, 4) is 0 Å². The van der Waals surface area contributed by atoms with E-state index in [2.05, 4.69) is 0 Å². The van der Waals surface area contributed by atoms with E-state index in [1.165, 1.54) is 11.8 Å². The molecule has 1 aromatic heterocycles. The Labute approximate surface area is 122 Å². The van der Waals surface area contributed by atoms with Gasteiger partial charge >= 0.3 is 0 Å². The molecule has 5 heteroatoms. The first kappa shape index (κ1) is 14.6. The van der Waals surface area contributed by atoms with Crippen molar-refractivity contribution in [2.75, 3.05) is 6.26 Å². The highest BCUT2D eigenvalue weighted by atomic mass is 32.3. The van der Waals surface area contributed by atoms with E-state index in [4.69, 9.17) is 0 Å². The molecule has 1 aromatic carbocycles. The molecule has 0 saturated carbocycles. The third-order valence-electron chi connectivity index (χ3n) is 2.91. The molecule has 0 spiro atoms. The van der Waals surface area contributed by atoms with Gasteiger partial charge in [-0.05, 0) is 36.8 Å². The second-order valence-electron chi connectivity index (χ2n) is 4.31. The van der Waals surface area contributed by atoms with Crippen LogP contribution in [0.1, 0.15) is 10.4 Å². The predicted octanol–water partition coefficient (Wildman–Crippen LogP) is 3.76. The van der Waals surface area contributed by atoms with Gasteiger partial charge in [0.05, 0.1) is 4.90 Å². The average Bonchev–Trinajstić information content (AvgIpc) is 2.89. The summed E-state index contributed by atoms with van der Waals surface area (Å²) in [5.74, 6) is 0. The van der Waals surface area contributed by atoms with Crippen molar-refractivity contribution in [2.24, 2.45) is 0 Å². The van der Waals surface area contributed by atoms with Crippen molar-refractivity contribution in [2.45, 2.75) is 22.8 Å². The Balaban J connectivity index is 2.28. The molecule has 0 saturated heterocycles. The zero-order chi connectivity index (χ0) is 13.9. The molecule has 0 aliphatic carbocycles. The Morgan fingerprint density at radius 2 is 1.89 bits per heavy atom. The minimum atomic E-state index is -3.27. The van der Waals surface area contributed by atoms with Crippen molar-refractivity contribution < 1.29 is 8.42 Å². The first-order valence-corrected chi connectivity index (χ1v) is 9.61. The van der Waals surface area contributed by atoms with Crippen LogP contribution in [0.3, 0.4) is 0 Å². The van der Waals surface area contributed by atoms with Crippen molar-refractivity contribution in [3.63, 3.8) is 0 Å². The molecule has 0 amide bonds. The van der Waals surface area contributed by atoms with Crippen LogP contribution < -0.4 is 0 Å². The quantitative estimate of drug-likeness (QED) is 0.843. The standard InChI is InChI=1S/C14H16O2S3/c1-11-5-7-13(8-6-11)19(15,16)14(17-2)10-12-4-3-9-18-12/h3-9,14H,10H2,1-2H3. The van der Waals surface area contributed by atoms with Gasteiger partial charge in [0.1, 0.15) is 4.58 Å². The van der Waals surface area contributed by atoms with Gasteiger partial charge in [-0.1, -0.05) is 23.8 Å². The third kappa shape index (κ3) is 3.41. The Bertz CT molecular complexity index is 613. The topological polar surface area (TPSA) is 34.1 Å². The van der Waals surface area contributed by atoms with E-state index in [1.807, 2.05) is 42.8 Å². The molecule has 1 heterocycles. The first-order valence-electron chi connectivity index (χ1n) is 5.90. The fourth-order valence-electron chi connectivity index (χ4n) is 1.79. The lowest BCUT2D eigenvalue weighted by molar-refractivity contribution is 0.592. The van der Waals surface area contributed by atoms with Gasteiger partial charge < -0.3 is 0 Å². The molecule has 2 rings (SSSR count). The molecule has 0 bridgehead atoms. The van der Waals surface area contributed by atoms with Gasteiger partial charge in [-0.25, -0.2) is 8.42 Å². The van der Waals surface area contributed by atoms with Crippen LogP contribution in [0.15, 0.2) is 46.7 Å². The summed E-state index contributed by atoms with van der Waals surface area (Å²) in [7, 11) is -3.27. The van der Waals surface area contributed by atoms with Crippen LogP contribution in [-0.2, 0) is 16.3 Å². The van der Waals surface area contributed by atoms with Crippen LogP contribution in [0.25, 0.3) is 0 Å². The molecule has 2 nitrogen and oxygen atoms in total. The Hall–Kier alpha value is -0.780. The van der Waals surface area contributed by atoms with Gasteiger partial charge in [-0.2, -0.15) is 0 Å². The normalized spacial score (nSPS) is 13.4. The summed E-state index contributed by atoms with van der Waals surface area (Å²) in [6.07, 6.45) is 2.42. The highest BCUT2D eigenvalue weighted by Gasteiger charge is 2.27. The SMILES string of the molecule is CSC(Cc1cccs1)S(=O)(=O)c1ccc(C)cc1. The number of hydrogen-bond donors (Lipinski definition) is 0. The van der Waals surface area contributed by atoms with E-state index in [0.717, 1.165) is 10.4 Å². The van der Waals surface area contributed by atoms with E-state index in [0.29, 0.717) is 11.3 Å². The molecule has 19 heavy (non-hydrogen) atoms. The van der Waals surface area contributed by atoms with Crippen molar-refractivity contribution in [3.05, 3.63) is 52.2 Å². The van der Waals surface area contributed by atoms with E-state index in [-0.39, 0.29) is 0 Å². The molecule has 1 atom stereocenters. The van der Waals surface area contributed by atoms with Gasteiger partial charge in [-0.15, -0.1) is 23.1 Å². The molecule has 1 unspecified atom stereocenters. The van der Waals surface area contributed by atoms with Crippen molar-refractivity contribution in [1.29, 1.82) is 0 Å². The summed E-state index contributed by atoms with van der Waals surface area (Å²) in [5.41, 5.74) is 1.07. The van der Waals surface area contributed by atoms with E-state index < -0.39 is 14.4 Å². The summed E-state index contributed by atoms with van der Waals surface area (Å²) in [5, 5.41) is 1.98. The molecule has 102 valence electrons. The average molecular weight is 312 g/mol. The maximum atomic E-state index is 12.6. The number of thioether (sulfide) groups is 1. The predicted molar refractivity (Wildman–Crippen MR) is 83.7 cm³/mol. The summed E-state index contributed by atoms with van der Waals surface area (Å²) in [6.45, 7) is 1.95. The number of sulfone groups is 1. The lowest BCUT2D eigenvalue weighted by Crippen LogP contribution is -2.20. The van der Waals surface area contributed by atoms with Crippen LogP contribution in [0.2, 0.25) is 0 Å². The number of thiophene rings is 1. The smallest absolute Gasteiger partial charge is 0.190 e. The van der Waals surface area contributed by atoms with Crippen LogP contribution in [0.4, 0.5) is 0 Å². The molecule has 0 fully saturated rings. The Morgan fingerprint density at radius 3 is 2.42 bits per heavy atom. The lowest BCUT2D eigenvalue weighted by atomic mass is 10.2. The van der Waals surface area contributed by atoms with Gasteiger partial charge in [-0.3, -0.25) is 0 Å². The maximum absolute atomic E-state index is 12.6. The van der Waals surface area contributed by atoms with Gasteiger partial charge in [0.15, 0.2) is 9.84 Å². The number of hydrogen-bond acceptors (Lipinski definition) is 4. The summed E-state index contributed by atoms with van der Waals surface area (Å²) < 4.78 is 24.7. The van der Waals surface area contributed by atoms with Crippen LogP contribution in [0, 0.1) is 6.92 Å². The number of rotatable bonds is 5. The van der Waals surface area contributed by atoms with Gasteiger partial charge in [0, 0.05) is 11.3 Å². The molecular formula is C14H16O2S3. The highest BCUT2D eigenvalue weighted by Crippen LogP contribution is 2.27. The largest absolute Gasteiger partial charge is 0.223 e. The third-order valence-corrected chi connectivity index (χ3v) is 7.62. The van der Waals surface area contributed by atoms with E-state index in [1.54, 1.807) is 23.5 Å². The molecule has 0 aliphatic rings. The monoisotopic (exact) mass is 312 g/mol. The fourth-order valence-corrected chi connectivity index (χ4v) is 5.67. The van der Waals surface area contributed by atoms with Gasteiger partial charge in [0.25, 0.3) is 0 Å². The van der Waals surface area contributed by atoms with Crippen molar-refractivity contribution in [1.82, 2.24) is 0 Å². The van der Waals surface area contributed by atoms with Crippen LogP contribution >= 0.6 is 23.1 Å². The van der Waals surface area contributed by atoms with Crippen LogP contribution in [0.5, 0.6) is 0 Å². The molecular weight excluding hydrogens is 296 g/mol. The molecule has 0 radical (unpaired) electrons.